The minimum absolute atomic E-state index is 0.139. The number of aryl methyl sites for hydroxylation is 1. The summed E-state index contributed by atoms with van der Waals surface area (Å²) in [7, 11) is 0. The molecule has 1 heterocycles. The molecule has 4 heteroatoms. The van der Waals surface area contributed by atoms with E-state index in [0.29, 0.717) is 12.2 Å². The van der Waals surface area contributed by atoms with Gasteiger partial charge in [0.2, 0.25) is 0 Å². The Hall–Kier alpha value is -2.46. The predicted octanol–water partition coefficient (Wildman–Crippen LogP) is 4.05. The highest BCUT2D eigenvalue weighted by Crippen LogP contribution is 2.23. The van der Waals surface area contributed by atoms with Crippen LogP contribution in [0.3, 0.4) is 0 Å². The van der Waals surface area contributed by atoms with Crippen LogP contribution in [0.1, 0.15) is 21.6 Å². The fourth-order valence-electron chi connectivity index (χ4n) is 2.19. The number of rotatable bonds is 4. The third kappa shape index (κ3) is 3.40. The second-order valence-electron chi connectivity index (χ2n) is 5.08. The monoisotopic (exact) mass is 308 g/mol. The first-order valence-electron chi connectivity index (χ1n) is 7.07. The molecule has 3 rings (SSSR count). The molecule has 1 amide bonds. The Morgan fingerprint density at radius 2 is 1.95 bits per heavy atom. The Bertz CT molecular complexity index is 781. The van der Waals surface area contributed by atoms with Gasteiger partial charge in [-0.2, -0.15) is 0 Å². The summed E-state index contributed by atoms with van der Waals surface area (Å²) in [5, 5.41) is 5.57. The molecule has 0 atom stereocenters. The van der Waals surface area contributed by atoms with Crippen molar-refractivity contribution in [1.29, 1.82) is 0 Å². The van der Waals surface area contributed by atoms with E-state index in [1.165, 1.54) is 16.9 Å². The zero-order chi connectivity index (χ0) is 15.4. The molecule has 0 saturated heterocycles. The Balaban J connectivity index is 1.67. The van der Waals surface area contributed by atoms with E-state index in [-0.39, 0.29) is 5.91 Å². The van der Waals surface area contributed by atoms with Crippen molar-refractivity contribution < 1.29 is 4.79 Å². The largest absolute Gasteiger partial charge is 0.347 e. The number of amides is 1. The van der Waals surface area contributed by atoms with Gasteiger partial charge in [-0.05, 0) is 12.5 Å². The third-order valence-electron chi connectivity index (χ3n) is 3.29. The molecule has 22 heavy (non-hydrogen) atoms. The fourth-order valence-corrected chi connectivity index (χ4v) is 2.99. The van der Waals surface area contributed by atoms with Crippen LogP contribution in [0.2, 0.25) is 0 Å². The van der Waals surface area contributed by atoms with Gasteiger partial charge in [0, 0.05) is 17.5 Å². The summed E-state index contributed by atoms with van der Waals surface area (Å²) in [4.78, 5) is 16.6. The van der Waals surface area contributed by atoms with Crippen molar-refractivity contribution >= 4 is 17.2 Å². The van der Waals surface area contributed by atoms with E-state index in [0.717, 1.165) is 16.1 Å². The Morgan fingerprint density at radius 3 is 2.73 bits per heavy atom. The molecular weight excluding hydrogens is 292 g/mol. The third-order valence-corrected chi connectivity index (χ3v) is 4.18. The molecule has 0 aliphatic heterocycles. The topological polar surface area (TPSA) is 42.0 Å². The van der Waals surface area contributed by atoms with Gasteiger partial charge in [0.05, 0.1) is 0 Å². The molecule has 110 valence electrons. The Kier molecular flexibility index (Phi) is 4.30. The van der Waals surface area contributed by atoms with E-state index >= 15 is 0 Å². The number of hydrogen-bond donors (Lipinski definition) is 1. The van der Waals surface area contributed by atoms with Crippen LogP contribution in [0.5, 0.6) is 0 Å². The second kappa shape index (κ2) is 6.54. The molecule has 0 saturated carbocycles. The molecule has 0 aliphatic rings. The van der Waals surface area contributed by atoms with Gasteiger partial charge in [0.15, 0.2) is 0 Å². The van der Waals surface area contributed by atoms with E-state index in [2.05, 4.69) is 16.4 Å². The summed E-state index contributed by atoms with van der Waals surface area (Å²) in [5.41, 5.74) is 3.78. The molecule has 0 radical (unpaired) electrons. The maximum atomic E-state index is 12.2. The molecule has 0 unspecified atom stereocenters. The molecule has 0 aliphatic carbocycles. The first-order chi connectivity index (χ1) is 10.7. The number of aromatic nitrogens is 1. The lowest BCUT2D eigenvalue weighted by molar-refractivity contribution is 0.0946. The van der Waals surface area contributed by atoms with Crippen molar-refractivity contribution in [2.45, 2.75) is 13.5 Å². The molecule has 1 N–H and O–H groups in total. The number of benzene rings is 2. The normalized spacial score (nSPS) is 10.4. The lowest BCUT2D eigenvalue weighted by Crippen LogP contribution is -2.23. The zero-order valence-electron chi connectivity index (χ0n) is 12.2. The summed E-state index contributed by atoms with van der Waals surface area (Å²) < 4.78 is 0. The standard InChI is InChI=1S/C18H16N2OS/c1-13-6-5-7-14(10-13)11-19-17(21)16-12-22-18(20-16)15-8-3-2-4-9-15/h2-10,12H,11H2,1H3,(H,19,21). The van der Waals surface area contributed by atoms with E-state index in [1.54, 1.807) is 5.38 Å². The number of hydrogen-bond acceptors (Lipinski definition) is 3. The maximum absolute atomic E-state index is 12.2. The smallest absolute Gasteiger partial charge is 0.271 e. The van der Waals surface area contributed by atoms with Gasteiger partial charge < -0.3 is 5.32 Å². The van der Waals surface area contributed by atoms with Gasteiger partial charge in [0.25, 0.3) is 5.91 Å². The fraction of sp³-hybridized carbons (Fsp3) is 0.111. The second-order valence-corrected chi connectivity index (χ2v) is 5.93. The molecule has 3 nitrogen and oxygen atoms in total. The lowest BCUT2D eigenvalue weighted by atomic mass is 10.1. The van der Waals surface area contributed by atoms with Crippen molar-refractivity contribution in [2.24, 2.45) is 0 Å². The highest BCUT2D eigenvalue weighted by molar-refractivity contribution is 7.13. The van der Waals surface area contributed by atoms with Crippen molar-refractivity contribution in [3.8, 4) is 10.6 Å². The van der Waals surface area contributed by atoms with E-state index in [9.17, 15) is 4.79 Å². The molecule has 1 aromatic heterocycles. The van der Waals surface area contributed by atoms with Crippen molar-refractivity contribution in [3.05, 3.63) is 76.8 Å². The van der Waals surface area contributed by atoms with Gasteiger partial charge in [-0.15, -0.1) is 11.3 Å². The quantitative estimate of drug-likeness (QED) is 0.790. The van der Waals surface area contributed by atoms with Crippen molar-refractivity contribution in [1.82, 2.24) is 10.3 Å². The number of nitrogens with one attached hydrogen (secondary N) is 1. The van der Waals surface area contributed by atoms with Crippen LogP contribution >= 0.6 is 11.3 Å². The molecule has 0 bridgehead atoms. The highest BCUT2D eigenvalue weighted by Gasteiger charge is 2.11. The summed E-state index contributed by atoms with van der Waals surface area (Å²) in [5.74, 6) is -0.139. The minimum atomic E-state index is -0.139. The van der Waals surface area contributed by atoms with Gasteiger partial charge in [0.1, 0.15) is 10.7 Å². The van der Waals surface area contributed by atoms with Crippen LogP contribution in [-0.2, 0) is 6.54 Å². The van der Waals surface area contributed by atoms with Gasteiger partial charge in [-0.1, -0.05) is 60.2 Å². The molecular formula is C18H16N2OS. The molecule has 2 aromatic carbocycles. The van der Waals surface area contributed by atoms with Gasteiger partial charge in [-0.25, -0.2) is 4.98 Å². The maximum Gasteiger partial charge on any atom is 0.271 e. The van der Waals surface area contributed by atoms with Gasteiger partial charge >= 0.3 is 0 Å². The average molecular weight is 308 g/mol. The highest BCUT2D eigenvalue weighted by atomic mass is 32.1. The molecule has 0 spiro atoms. The number of nitrogens with zero attached hydrogens (tertiary/aromatic N) is 1. The average Bonchev–Trinajstić information content (AvgIpc) is 3.04. The Labute approximate surface area is 133 Å². The summed E-state index contributed by atoms with van der Waals surface area (Å²) in [6, 6.07) is 18.0. The summed E-state index contributed by atoms with van der Waals surface area (Å²) in [6.07, 6.45) is 0. The SMILES string of the molecule is Cc1cccc(CNC(=O)c2csc(-c3ccccc3)n2)c1. The summed E-state index contributed by atoms with van der Waals surface area (Å²) >= 11 is 1.48. The van der Waals surface area contributed by atoms with Crippen LogP contribution < -0.4 is 5.32 Å². The number of thiazole rings is 1. The molecule has 3 aromatic rings. The molecule has 0 fully saturated rings. The van der Waals surface area contributed by atoms with Crippen LogP contribution in [0, 0.1) is 6.92 Å². The van der Waals surface area contributed by atoms with Crippen molar-refractivity contribution in [2.75, 3.05) is 0 Å². The number of carbonyl (C=O) groups excluding carboxylic acids is 1. The Morgan fingerprint density at radius 1 is 1.14 bits per heavy atom. The van der Waals surface area contributed by atoms with Crippen LogP contribution in [-0.4, -0.2) is 10.9 Å². The minimum Gasteiger partial charge on any atom is -0.347 e. The first-order valence-corrected chi connectivity index (χ1v) is 7.95. The van der Waals surface area contributed by atoms with E-state index in [1.807, 2.05) is 55.5 Å². The van der Waals surface area contributed by atoms with Gasteiger partial charge in [-0.3, -0.25) is 4.79 Å². The predicted molar refractivity (Wildman–Crippen MR) is 89.9 cm³/mol. The van der Waals surface area contributed by atoms with Crippen molar-refractivity contribution in [3.63, 3.8) is 0 Å². The zero-order valence-corrected chi connectivity index (χ0v) is 13.1. The first kappa shape index (κ1) is 14.5. The number of carbonyl (C=O) groups is 1. The van der Waals surface area contributed by atoms with Crippen LogP contribution in [0.25, 0.3) is 10.6 Å². The van der Waals surface area contributed by atoms with E-state index in [4.69, 9.17) is 0 Å². The van der Waals surface area contributed by atoms with Crippen LogP contribution in [0.4, 0.5) is 0 Å². The summed E-state index contributed by atoms with van der Waals surface area (Å²) in [6.45, 7) is 2.55. The van der Waals surface area contributed by atoms with E-state index < -0.39 is 0 Å². The lowest BCUT2D eigenvalue weighted by Gasteiger charge is -2.04. The van der Waals surface area contributed by atoms with Crippen LogP contribution in [0.15, 0.2) is 60.0 Å².